The van der Waals surface area contributed by atoms with Gasteiger partial charge in [-0.25, -0.2) is 8.42 Å². The van der Waals surface area contributed by atoms with Gasteiger partial charge in [-0.2, -0.15) is 0 Å². The van der Waals surface area contributed by atoms with Crippen molar-refractivity contribution in [2.45, 2.75) is 57.2 Å². The van der Waals surface area contributed by atoms with Gasteiger partial charge in [0.15, 0.2) is 6.10 Å². The second-order valence-corrected chi connectivity index (χ2v) is 13.7. The van der Waals surface area contributed by atoms with Gasteiger partial charge < -0.3 is 14.8 Å². The summed E-state index contributed by atoms with van der Waals surface area (Å²) in [5, 5.41) is 2.94. The third kappa shape index (κ3) is 6.74. The van der Waals surface area contributed by atoms with Crippen molar-refractivity contribution < 1.29 is 22.7 Å². The van der Waals surface area contributed by atoms with Crippen molar-refractivity contribution in [2.75, 3.05) is 37.2 Å². The van der Waals surface area contributed by atoms with E-state index in [1.54, 1.807) is 30.3 Å². The van der Waals surface area contributed by atoms with Gasteiger partial charge in [0, 0.05) is 26.2 Å². The van der Waals surface area contributed by atoms with Crippen LogP contribution in [0.25, 0.3) is 0 Å². The van der Waals surface area contributed by atoms with Crippen LogP contribution in [0.2, 0.25) is 0 Å². The summed E-state index contributed by atoms with van der Waals surface area (Å²) in [5.41, 5.74) is 4.36. The van der Waals surface area contributed by atoms with E-state index in [4.69, 9.17) is 9.47 Å². The zero-order chi connectivity index (χ0) is 29.2. The molecule has 8 nitrogen and oxygen atoms in total. The summed E-state index contributed by atoms with van der Waals surface area (Å²) in [6, 6.07) is 20.5. The van der Waals surface area contributed by atoms with Crippen LogP contribution < -0.4 is 14.4 Å². The summed E-state index contributed by atoms with van der Waals surface area (Å²) >= 11 is 0. The number of anilines is 1. The summed E-state index contributed by atoms with van der Waals surface area (Å²) in [6.07, 6.45) is -0.996. The molecule has 0 spiro atoms. The maximum absolute atomic E-state index is 13.9. The lowest BCUT2D eigenvalue weighted by atomic mass is 9.86. The van der Waals surface area contributed by atoms with Gasteiger partial charge >= 0.3 is 0 Å². The van der Waals surface area contributed by atoms with Crippen LogP contribution in [0.5, 0.6) is 5.75 Å². The highest BCUT2D eigenvalue weighted by atomic mass is 32.2. The highest BCUT2D eigenvalue weighted by molar-refractivity contribution is 7.92. The van der Waals surface area contributed by atoms with Crippen molar-refractivity contribution in [3.05, 3.63) is 89.0 Å². The molecule has 0 aliphatic carbocycles. The van der Waals surface area contributed by atoms with Crippen molar-refractivity contribution in [1.82, 2.24) is 10.2 Å². The molecule has 0 aromatic heterocycles. The van der Waals surface area contributed by atoms with E-state index in [-0.39, 0.29) is 22.8 Å². The molecule has 0 radical (unpaired) electrons. The quantitative estimate of drug-likeness (QED) is 0.448. The number of ether oxygens (including phenoxy) is 2. The molecule has 218 valence electrons. The lowest BCUT2D eigenvalue weighted by Crippen LogP contribution is -2.50. The van der Waals surface area contributed by atoms with Crippen LogP contribution >= 0.6 is 0 Å². The minimum Gasteiger partial charge on any atom is -0.476 e. The van der Waals surface area contributed by atoms with Crippen LogP contribution in [0, 0.1) is 6.92 Å². The number of nitrogens with one attached hydrogen (secondary N) is 1. The molecule has 2 aliphatic heterocycles. The Labute approximate surface area is 243 Å². The number of hydrogen-bond acceptors (Lipinski definition) is 6. The number of aryl methyl sites for hydroxylation is 1. The van der Waals surface area contributed by atoms with Crippen molar-refractivity contribution >= 4 is 21.6 Å². The van der Waals surface area contributed by atoms with Gasteiger partial charge in [0.05, 0.1) is 30.3 Å². The number of hydrogen-bond donors (Lipinski definition) is 1. The predicted molar refractivity (Wildman–Crippen MR) is 160 cm³/mol. The minimum absolute atomic E-state index is 0.124. The van der Waals surface area contributed by atoms with E-state index in [1.807, 2.05) is 31.2 Å². The average molecular weight is 578 g/mol. The van der Waals surface area contributed by atoms with E-state index in [0.29, 0.717) is 18.0 Å². The van der Waals surface area contributed by atoms with Crippen LogP contribution in [-0.2, 0) is 38.1 Å². The van der Waals surface area contributed by atoms with E-state index < -0.39 is 16.1 Å². The molecule has 1 N–H and O–H groups in total. The van der Waals surface area contributed by atoms with Gasteiger partial charge in [-0.05, 0) is 53.3 Å². The Bertz CT molecular complexity index is 1480. The molecule has 3 aromatic carbocycles. The first-order chi connectivity index (χ1) is 19.5. The average Bonchev–Trinajstić information content (AvgIpc) is 2.96. The number of morpholine rings is 1. The van der Waals surface area contributed by atoms with Crippen LogP contribution in [0.1, 0.15) is 43.0 Å². The molecule has 1 amide bonds. The molecule has 1 unspecified atom stereocenters. The third-order valence-electron chi connectivity index (χ3n) is 7.60. The number of nitrogens with zero attached hydrogens (tertiary/aromatic N) is 2. The Morgan fingerprint density at radius 3 is 2.27 bits per heavy atom. The molecule has 0 bridgehead atoms. The zero-order valence-electron chi connectivity index (χ0n) is 24.2. The largest absolute Gasteiger partial charge is 0.476 e. The number of carbonyl (C=O) groups is 1. The van der Waals surface area contributed by atoms with E-state index in [2.05, 4.69) is 43.1 Å². The van der Waals surface area contributed by atoms with Crippen molar-refractivity contribution in [3.63, 3.8) is 0 Å². The second-order valence-electron chi connectivity index (χ2n) is 11.8. The molecular weight excluding hydrogens is 538 g/mol. The summed E-state index contributed by atoms with van der Waals surface area (Å²) in [5.74, 6) is 0.00426. The minimum atomic E-state index is -3.94. The molecule has 1 atom stereocenters. The molecule has 0 saturated carbocycles. The Balaban J connectivity index is 1.33. The zero-order valence-corrected chi connectivity index (χ0v) is 25.0. The topological polar surface area (TPSA) is 88.2 Å². The first-order valence-corrected chi connectivity index (χ1v) is 15.5. The second kappa shape index (κ2) is 11.8. The number of fused-ring (bicyclic) bond motifs is 1. The molecule has 2 heterocycles. The Kier molecular flexibility index (Phi) is 8.40. The monoisotopic (exact) mass is 577 g/mol. The van der Waals surface area contributed by atoms with Crippen LogP contribution in [0.3, 0.4) is 0 Å². The molecule has 1 fully saturated rings. The van der Waals surface area contributed by atoms with Crippen molar-refractivity contribution in [3.8, 4) is 5.75 Å². The lowest BCUT2D eigenvalue weighted by Gasteiger charge is -2.36. The standard InChI is InChI=1S/C32H39N3O5S/c1-23-5-12-27(13-6-23)41(37,38)35-22-30(40-29-14-11-26(19-28(29)35)32(2,3)4)31(36)33-20-24-7-9-25(10-8-24)21-34-15-17-39-18-16-34/h5-14,19,30H,15-18,20-22H2,1-4H3,(H,33,36). The molecule has 41 heavy (non-hydrogen) atoms. The first kappa shape index (κ1) is 29.1. The number of rotatable bonds is 7. The van der Waals surface area contributed by atoms with E-state index >= 15 is 0 Å². The number of sulfonamides is 1. The number of benzene rings is 3. The van der Waals surface area contributed by atoms with Crippen LogP contribution in [0.15, 0.2) is 71.6 Å². The number of carbonyl (C=O) groups excluding carboxylic acids is 1. The van der Waals surface area contributed by atoms with Crippen molar-refractivity contribution in [1.29, 1.82) is 0 Å². The van der Waals surface area contributed by atoms with E-state index in [0.717, 1.165) is 49.5 Å². The van der Waals surface area contributed by atoms with Crippen LogP contribution in [-0.4, -0.2) is 58.2 Å². The van der Waals surface area contributed by atoms with Gasteiger partial charge in [0.2, 0.25) is 0 Å². The molecule has 2 aliphatic rings. The van der Waals surface area contributed by atoms with Crippen LogP contribution in [0.4, 0.5) is 5.69 Å². The third-order valence-corrected chi connectivity index (χ3v) is 9.39. The first-order valence-electron chi connectivity index (χ1n) is 14.1. The lowest BCUT2D eigenvalue weighted by molar-refractivity contribution is -0.127. The Hall–Kier alpha value is -3.40. The Morgan fingerprint density at radius 1 is 0.951 bits per heavy atom. The molecule has 9 heteroatoms. The van der Waals surface area contributed by atoms with Gasteiger partial charge in [-0.3, -0.25) is 14.0 Å². The maximum atomic E-state index is 13.9. The van der Waals surface area contributed by atoms with Gasteiger partial charge in [-0.15, -0.1) is 0 Å². The summed E-state index contributed by atoms with van der Waals surface area (Å²) in [6.45, 7) is 12.6. The highest BCUT2D eigenvalue weighted by Crippen LogP contribution is 2.40. The highest BCUT2D eigenvalue weighted by Gasteiger charge is 2.38. The maximum Gasteiger partial charge on any atom is 0.264 e. The van der Waals surface area contributed by atoms with Gasteiger partial charge in [0.25, 0.3) is 15.9 Å². The normalized spacial score (nSPS) is 18.0. The van der Waals surface area contributed by atoms with E-state index in [1.165, 1.54) is 9.87 Å². The predicted octanol–water partition coefficient (Wildman–Crippen LogP) is 4.40. The smallest absolute Gasteiger partial charge is 0.264 e. The fourth-order valence-electron chi connectivity index (χ4n) is 5.00. The van der Waals surface area contributed by atoms with Gasteiger partial charge in [-0.1, -0.05) is 68.8 Å². The molecule has 1 saturated heterocycles. The Morgan fingerprint density at radius 2 is 1.61 bits per heavy atom. The summed E-state index contributed by atoms with van der Waals surface area (Å²) in [4.78, 5) is 15.8. The molecular formula is C32H39N3O5S. The van der Waals surface area contributed by atoms with Crippen molar-refractivity contribution in [2.24, 2.45) is 0 Å². The fourth-order valence-corrected chi connectivity index (χ4v) is 6.47. The molecule has 5 rings (SSSR count). The van der Waals surface area contributed by atoms with E-state index in [9.17, 15) is 13.2 Å². The number of amides is 1. The molecule has 3 aromatic rings. The van der Waals surface area contributed by atoms with Gasteiger partial charge in [0.1, 0.15) is 5.75 Å². The SMILES string of the molecule is Cc1ccc(S(=O)(=O)N2CC(C(=O)NCc3ccc(CN4CCOCC4)cc3)Oc3ccc(C(C)(C)C)cc32)cc1. The fraction of sp³-hybridized carbons (Fsp3) is 0.406. The summed E-state index contributed by atoms with van der Waals surface area (Å²) in [7, 11) is -3.94. The summed E-state index contributed by atoms with van der Waals surface area (Å²) < 4.78 is 40.6.